The number of hydrogen-bond donors (Lipinski definition) is 0. The first kappa shape index (κ1) is 38.2. The van der Waals surface area contributed by atoms with Crippen LogP contribution in [0, 0.1) is 0 Å². The molecule has 68 heavy (non-hydrogen) atoms. The van der Waals surface area contributed by atoms with Gasteiger partial charge in [-0.1, -0.05) is 176 Å². The van der Waals surface area contributed by atoms with Crippen LogP contribution in [0.5, 0.6) is 0 Å². The third kappa shape index (κ3) is 5.94. The van der Waals surface area contributed by atoms with Crippen molar-refractivity contribution in [1.29, 1.82) is 0 Å². The van der Waals surface area contributed by atoms with Crippen molar-refractivity contribution < 1.29 is 8.83 Å². The van der Waals surface area contributed by atoms with Crippen LogP contribution in [0.3, 0.4) is 0 Å². The number of furan rings is 2. The van der Waals surface area contributed by atoms with Crippen molar-refractivity contribution in [2.24, 2.45) is 0 Å². The Labute approximate surface area is 391 Å². The molecule has 0 saturated carbocycles. The molecule has 0 bridgehead atoms. The van der Waals surface area contributed by atoms with Crippen molar-refractivity contribution >= 4 is 93.5 Å². The molecule has 0 saturated heterocycles. The van der Waals surface area contributed by atoms with Gasteiger partial charge in [0.15, 0.2) is 0 Å². The number of para-hydroxylation sites is 6. The monoisotopic (exact) mass is 868 g/mol. The SMILES string of the molecule is c1cc(-c2cc(N(c3ccc(-c4cccc5ccccc45)cc3)c3ccccc3-c3cccc4c3oc3ccccc34)cc3c2oc2ccccc23)cc(-n2c3ccccc3c3ccccc32)c1. The standard InChI is InChI=1S/C64H40N2O2/c1-2-20-47-41(16-1)17-14-26-48(47)42-34-36-44(37-35-42)65(58-29-8-5-23-51(58)54-27-15-28-55-52-24-6-11-32-61(52)67-63(54)55)46-39-56(64-57(40-46)53-25-7-12-33-62(53)68-64)43-18-13-19-45(38-43)66-59-30-9-3-21-49(59)50-22-4-10-31-60(50)66/h1-40H. The molecule has 0 N–H and O–H groups in total. The molecule has 11 aromatic carbocycles. The first-order chi connectivity index (χ1) is 33.7. The molecule has 14 rings (SSSR count). The van der Waals surface area contributed by atoms with Gasteiger partial charge < -0.3 is 18.3 Å². The number of nitrogens with zero attached hydrogens (tertiary/aromatic N) is 2. The summed E-state index contributed by atoms with van der Waals surface area (Å²) < 4.78 is 16.0. The fraction of sp³-hybridized carbons (Fsp3) is 0. The molecular formula is C64H40N2O2. The van der Waals surface area contributed by atoms with E-state index in [1.54, 1.807) is 0 Å². The van der Waals surface area contributed by atoms with Crippen molar-refractivity contribution in [3.05, 3.63) is 243 Å². The summed E-state index contributed by atoms with van der Waals surface area (Å²) in [7, 11) is 0. The molecule has 0 atom stereocenters. The van der Waals surface area contributed by atoms with Gasteiger partial charge in [0, 0.05) is 66.1 Å². The van der Waals surface area contributed by atoms with Gasteiger partial charge >= 0.3 is 0 Å². The van der Waals surface area contributed by atoms with Crippen LogP contribution in [-0.2, 0) is 0 Å². The highest BCUT2D eigenvalue weighted by atomic mass is 16.3. The van der Waals surface area contributed by atoms with Crippen LogP contribution in [0.1, 0.15) is 0 Å². The zero-order valence-electron chi connectivity index (χ0n) is 36.8. The molecule has 0 aliphatic rings. The smallest absolute Gasteiger partial charge is 0.143 e. The van der Waals surface area contributed by atoms with Gasteiger partial charge in [-0.05, 0) is 94.2 Å². The van der Waals surface area contributed by atoms with Crippen LogP contribution in [0.4, 0.5) is 17.1 Å². The minimum Gasteiger partial charge on any atom is -0.455 e. The van der Waals surface area contributed by atoms with Gasteiger partial charge in [-0.3, -0.25) is 0 Å². The number of hydrogen-bond acceptors (Lipinski definition) is 3. The number of aromatic nitrogens is 1. The highest BCUT2D eigenvalue weighted by Gasteiger charge is 2.24. The van der Waals surface area contributed by atoms with Gasteiger partial charge in [-0.25, -0.2) is 0 Å². The topological polar surface area (TPSA) is 34.5 Å². The third-order valence-electron chi connectivity index (χ3n) is 13.8. The summed E-state index contributed by atoms with van der Waals surface area (Å²) in [6, 6.07) is 87.0. The quantitative estimate of drug-likeness (QED) is 0.160. The number of benzene rings is 11. The van der Waals surface area contributed by atoms with Crippen LogP contribution in [0.15, 0.2) is 251 Å². The summed E-state index contributed by atoms with van der Waals surface area (Å²) in [5.74, 6) is 0. The minimum atomic E-state index is 0.848. The molecule has 318 valence electrons. The van der Waals surface area contributed by atoms with E-state index < -0.39 is 0 Å². The van der Waals surface area contributed by atoms with E-state index in [0.717, 1.165) is 94.4 Å². The van der Waals surface area contributed by atoms with E-state index in [1.165, 1.54) is 38.1 Å². The lowest BCUT2D eigenvalue weighted by Crippen LogP contribution is -2.11. The molecule has 3 aromatic heterocycles. The maximum atomic E-state index is 6.89. The highest BCUT2D eigenvalue weighted by molar-refractivity contribution is 6.14. The largest absolute Gasteiger partial charge is 0.455 e. The van der Waals surface area contributed by atoms with Crippen LogP contribution in [-0.4, -0.2) is 4.57 Å². The van der Waals surface area contributed by atoms with Crippen LogP contribution in [0.2, 0.25) is 0 Å². The maximum Gasteiger partial charge on any atom is 0.143 e. The molecule has 0 fully saturated rings. The minimum absolute atomic E-state index is 0.848. The Balaban J connectivity index is 1.02. The molecule has 0 amide bonds. The average molecular weight is 869 g/mol. The molecule has 0 unspecified atom stereocenters. The molecular weight excluding hydrogens is 829 g/mol. The predicted molar refractivity (Wildman–Crippen MR) is 284 cm³/mol. The molecule has 4 nitrogen and oxygen atoms in total. The van der Waals surface area contributed by atoms with Crippen molar-refractivity contribution in [1.82, 2.24) is 4.57 Å². The maximum absolute atomic E-state index is 6.89. The van der Waals surface area contributed by atoms with Crippen LogP contribution >= 0.6 is 0 Å². The van der Waals surface area contributed by atoms with Crippen molar-refractivity contribution in [2.45, 2.75) is 0 Å². The molecule has 0 aliphatic carbocycles. The summed E-state index contributed by atoms with van der Waals surface area (Å²) in [6.45, 7) is 0. The molecule has 0 aliphatic heterocycles. The lowest BCUT2D eigenvalue weighted by molar-refractivity contribution is 0.669. The summed E-state index contributed by atoms with van der Waals surface area (Å²) in [5.41, 5.74) is 16.4. The Morgan fingerprint density at radius 1 is 0.309 bits per heavy atom. The average Bonchev–Trinajstić information content (AvgIpc) is 4.09. The number of rotatable bonds is 7. The van der Waals surface area contributed by atoms with Gasteiger partial charge in [-0.15, -0.1) is 0 Å². The zero-order chi connectivity index (χ0) is 44.7. The summed E-state index contributed by atoms with van der Waals surface area (Å²) >= 11 is 0. The lowest BCUT2D eigenvalue weighted by atomic mass is 9.96. The van der Waals surface area contributed by atoms with Gasteiger partial charge in [0.2, 0.25) is 0 Å². The van der Waals surface area contributed by atoms with Gasteiger partial charge in [-0.2, -0.15) is 0 Å². The highest BCUT2D eigenvalue weighted by Crippen LogP contribution is 2.48. The van der Waals surface area contributed by atoms with Crippen LogP contribution in [0.25, 0.3) is 116 Å². The lowest BCUT2D eigenvalue weighted by Gasteiger charge is -2.29. The second-order valence-electron chi connectivity index (χ2n) is 17.6. The Kier molecular flexibility index (Phi) is 8.55. The van der Waals surface area contributed by atoms with E-state index in [1.807, 2.05) is 12.1 Å². The van der Waals surface area contributed by atoms with Crippen LogP contribution < -0.4 is 4.90 Å². The number of fused-ring (bicyclic) bond motifs is 10. The van der Waals surface area contributed by atoms with E-state index in [2.05, 4.69) is 240 Å². The van der Waals surface area contributed by atoms with E-state index in [-0.39, 0.29) is 0 Å². The van der Waals surface area contributed by atoms with Crippen molar-refractivity contribution in [3.8, 4) is 39.1 Å². The van der Waals surface area contributed by atoms with Gasteiger partial charge in [0.25, 0.3) is 0 Å². The van der Waals surface area contributed by atoms with E-state index in [0.29, 0.717) is 0 Å². The molecule has 14 aromatic rings. The van der Waals surface area contributed by atoms with Crippen molar-refractivity contribution in [3.63, 3.8) is 0 Å². The molecule has 4 heteroatoms. The van der Waals surface area contributed by atoms with Gasteiger partial charge in [0.05, 0.1) is 16.7 Å². The fourth-order valence-corrected chi connectivity index (χ4v) is 10.7. The molecule has 0 spiro atoms. The molecule has 3 heterocycles. The normalized spacial score (nSPS) is 11.8. The van der Waals surface area contributed by atoms with E-state index in [9.17, 15) is 0 Å². The first-order valence-electron chi connectivity index (χ1n) is 23.2. The van der Waals surface area contributed by atoms with E-state index >= 15 is 0 Å². The Hall–Kier alpha value is -9.12. The number of anilines is 3. The summed E-state index contributed by atoms with van der Waals surface area (Å²) in [4.78, 5) is 2.41. The van der Waals surface area contributed by atoms with Crippen molar-refractivity contribution in [2.75, 3.05) is 4.90 Å². The van der Waals surface area contributed by atoms with Gasteiger partial charge in [0.1, 0.15) is 22.3 Å². The Bertz CT molecular complexity index is 4220. The zero-order valence-corrected chi connectivity index (χ0v) is 36.8. The third-order valence-corrected chi connectivity index (χ3v) is 13.8. The molecule has 0 radical (unpaired) electrons. The van der Waals surface area contributed by atoms with E-state index in [4.69, 9.17) is 8.83 Å². The first-order valence-corrected chi connectivity index (χ1v) is 23.2. The predicted octanol–water partition coefficient (Wildman–Crippen LogP) is 18.2. The Morgan fingerprint density at radius 3 is 1.62 bits per heavy atom. The second-order valence-corrected chi connectivity index (χ2v) is 17.6. The second kappa shape index (κ2) is 15.2. The Morgan fingerprint density at radius 2 is 0.853 bits per heavy atom. The fourth-order valence-electron chi connectivity index (χ4n) is 10.7. The summed E-state index contributed by atoms with van der Waals surface area (Å²) in [5, 5.41) is 9.22. The summed E-state index contributed by atoms with van der Waals surface area (Å²) in [6.07, 6.45) is 0.